The van der Waals surface area contributed by atoms with Crippen LogP contribution < -0.4 is 5.32 Å². The second kappa shape index (κ2) is 9.43. The maximum absolute atomic E-state index is 13.4. The maximum Gasteiger partial charge on any atom is 0.256 e. The summed E-state index contributed by atoms with van der Waals surface area (Å²) < 4.78 is 30.2. The standard InChI is InChI=1S/C27H18Cl2N2O4S/c1-36(33,34)19-10-11-20(21(15-19)16-5-4-6-17(28)13-16)26(32)30-18-9-12-23(29)22(14-18)27-31-24-7-2-3-8-25(24)35-27/h2-15H,1H3,(H,30,32). The van der Waals surface area contributed by atoms with E-state index in [1.807, 2.05) is 24.3 Å². The molecule has 180 valence electrons. The highest BCUT2D eigenvalue weighted by molar-refractivity contribution is 7.90. The van der Waals surface area contributed by atoms with Crippen LogP contribution in [0.15, 0.2) is 94.2 Å². The first-order valence-electron chi connectivity index (χ1n) is 10.8. The van der Waals surface area contributed by atoms with Gasteiger partial charge in [0.05, 0.1) is 15.5 Å². The zero-order chi connectivity index (χ0) is 25.4. The van der Waals surface area contributed by atoms with Gasteiger partial charge in [-0.3, -0.25) is 4.79 Å². The van der Waals surface area contributed by atoms with E-state index >= 15 is 0 Å². The van der Waals surface area contributed by atoms with Gasteiger partial charge >= 0.3 is 0 Å². The summed E-state index contributed by atoms with van der Waals surface area (Å²) in [6, 6.07) is 23.6. The summed E-state index contributed by atoms with van der Waals surface area (Å²) in [5.74, 6) is -0.106. The lowest BCUT2D eigenvalue weighted by Gasteiger charge is -2.13. The number of halogens is 2. The number of anilines is 1. The number of nitrogens with one attached hydrogen (secondary N) is 1. The number of aromatic nitrogens is 1. The minimum absolute atomic E-state index is 0.0961. The Bertz CT molecular complexity index is 1710. The molecule has 5 aromatic rings. The molecule has 1 N–H and O–H groups in total. The molecule has 0 saturated heterocycles. The lowest BCUT2D eigenvalue weighted by atomic mass is 9.99. The summed E-state index contributed by atoms with van der Waals surface area (Å²) in [6.07, 6.45) is 1.12. The highest BCUT2D eigenvalue weighted by atomic mass is 35.5. The van der Waals surface area contributed by atoms with Gasteiger partial charge in [-0.15, -0.1) is 0 Å². The topological polar surface area (TPSA) is 89.3 Å². The smallest absolute Gasteiger partial charge is 0.256 e. The number of sulfone groups is 1. The van der Waals surface area contributed by atoms with Crippen molar-refractivity contribution in [2.75, 3.05) is 11.6 Å². The Kier molecular flexibility index (Phi) is 6.30. The molecule has 36 heavy (non-hydrogen) atoms. The third-order valence-electron chi connectivity index (χ3n) is 5.55. The van der Waals surface area contributed by atoms with E-state index in [1.165, 1.54) is 18.2 Å². The molecular weight excluding hydrogens is 519 g/mol. The molecular formula is C27H18Cl2N2O4S. The number of carbonyl (C=O) groups is 1. The van der Waals surface area contributed by atoms with Crippen LogP contribution in [-0.2, 0) is 9.84 Å². The summed E-state index contributed by atoms with van der Waals surface area (Å²) in [6.45, 7) is 0. The van der Waals surface area contributed by atoms with Crippen molar-refractivity contribution in [1.82, 2.24) is 4.98 Å². The van der Waals surface area contributed by atoms with Crippen LogP contribution in [0.2, 0.25) is 10.0 Å². The van der Waals surface area contributed by atoms with Crippen molar-refractivity contribution in [2.45, 2.75) is 4.90 Å². The molecule has 0 saturated carbocycles. The summed E-state index contributed by atoms with van der Waals surface area (Å²) in [7, 11) is -3.49. The normalized spacial score (nSPS) is 11.5. The highest BCUT2D eigenvalue weighted by Crippen LogP contribution is 2.33. The van der Waals surface area contributed by atoms with Crippen LogP contribution in [0.5, 0.6) is 0 Å². The molecule has 4 aromatic carbocycles. The van der Waals surface area contributed by atoms with E-state index in [1.54, 1.807) is 42.5 Å². The largest absolute Gasteiger partial charge is 0.436 e. The first-order chi connectivity index (χ1) is 17.2. The molecule has 0 aliphatic carbocycles. The number of amides is 1. The van der Waals surface area contributed by atoms with Crippen molar-refractivity contribution >= 4 is 55.7 Å². The zero-order valence-corrected chi connectivity index (χ0v) is 21.2. The van der Waals surface area contributed by atoms with Crippen molar-refractivity contribution in [2.24, 2.45) is 0 Å². The molecule has 0 aliphatic rings. The van der Waals surface area contributed by atoms with E-state index in [0.29, 0.717) is 49.4 Å². The molecule has 0 unspecified atom stereocenters. The number of oxazole rings is 1. The van der Waals surface area contributed by atoms with Crippen LogP contribution in [0.4, 0.5) is 5.69 Å². The summed E-state index contributed by atoms with van der Waals surface area (Å²) in [5, 5.41) is 3.74. The summed E-state index contributed by atoms with van der Waals surface area (Å²) in [4.78, 5) is 17.9. The third-order valence-corrected chi connectivity index (χ3v) is 7.22. The van der Waals surface area contributed by atoms with E-state index < -0.39 is 15.7 Å². The number of fused-ring (bicyclic) bond motifs is 1. The van der Waals surface area contributed by atoms with Crippen molar-refractivity contribution in [3.63, 3.8) is 0 Å². The number of rotatable bonds is 5. The van der Waals surface area contributed by atoms with E-state index in [0.717, 1.165) is 6.26 Å². The van der Waals surface area contributed by atoms with Crippen molar-refractivity contribution in [3.8, 4) is 22.6 Å². The molecule has 0 atom stereocenters. The Morgan fingerprint density at radius 3 is 2.44 bits per heavy atom. The van der Waals surface area contributed by atoms with E-state index in [2.05, 4.69) is 10.3 Å². The second-order valence-electron chi connectivity index (χ2n) is 8.13. The maximum atomic E-state index is 13.4. The number of nitrogens with zero attached hydrogens (tertiary/aromatic N) is 1. The predicted molar refractivity (Wildman–Crippen MR) is 142 cm³/mol. The minimum atomic E-state index is -3.49. The van der Waals surface area contributed by atoms with Gasteiger partial charge in [0.2, 0.25) is 5.89 Å². The van der Waals surface area contributed by atoms with Crippen LogP contribution in [0.3, 0.4) is 0 Å². The number of para-hydroxylation sites is 2. The Morgan fingerprint density at radius 1 is 0.889 bits per heavy atom. The zero-order valence-electron chi connectivity index (χ0n) is 18.8. The number of hydrogen-bond acceptors (Lipinski definition) is 5. The molecule has 0 aliphatic heterocycles. The quantitative estimate of drug-likeness (QED) is 0.258. The lowest BCUT2D eigenvalue weighted by Crippen LogP contribution is -2.14. The first-order valence-corrected chi connectivity index (χ1v) is 13.4. The van der Waals surface area contributed by atoms with Gasteiger partial charge in [0.1, 0.15) is 5.52 Å². The van der Waals surface area contributed by atoms with Gasteiger partial charge in [0.15, 0.2) is 15.4 Å². The Morgan fingerprint density at radius 2 is 1.69 bits per heavy atom. The summed E-state index contributed by atoms with van der Waals surface area (Å²) >= 11 is 12.6. The Labute approximate surface area is 217 Å². The van der Waals surface area contributed by atoms with Gasteiger partial charge in [-0.25, -0.2) is 13.4 Å². The van der Waals surface area contributed by atoms with Gasteiger partial charge in [0.25, 0.3) is 5.91 Å². The molecule has 1 heterocycles. The molecule has 0 spiro atoms. The number of benzene rings is 4. The van der Waals surface area contributed by atoms with Gasteiger partial charge in [-0.1, -0.05) is 47.5 Å². The number of carbonyl (C=O) groups excluding carboxylic acids is 1. The second-order valence-corrected chi connectivity index (χ2v) is 11.0. The Hall–Kier alpha value is -3.65. The highest BCUT2D eigenvalue weighted by Gasteiger charge is 2.19. The molecule has 0 radical (unpaired) electrons. The van der Waals surface area contributed by atoms with E-state index in [-0.39, 0.29) is 10.5 Å². The van der Waals surface area contributed by atoms with Gasteiger partial charge in [0, 0.05) is 22.5 Å². The predicted octanol–water partition coefficient (Wildman–Crippen LogP) is 7.12. The van der Waals surface area contributed by atoms with Gasteiger partial charge < -0.3 is 9.73 Å². The molecule has 6 nitrogen and oxygen atoms in total. The fraction of sp³-hybridized carbons (Fsp3) is 0.0370. The van der Waals surface area contributed by atoms with Crippen molar-refractivity contribution in [1.29, 1.82) is 0 Å². The molecule has 9 heteroatoms. The third kappa shape index (κ3) is 4.86. The SMILES string of the molecule is CS(=O)(=O)c1ccc(C(=O)Nc2ccc(Cl)c(-c3nc4ccccc4o3)c2)c(-c2cccc(Cl)c2)c1. The molecule has 0 fully saturated rings. The molecule has 5 rings (SSSR count). The Balaban J connectivity index is 1.53. The first kappa shape index (κ1) is 24.1. The van der Waals surface area contributed by atoms with E-state index in [4.69, 9.17) is 27.6 Å². The minimum Gasteiger partial charge on any atom is -0.436 e. The van der Waals surface area contributed by atoms with Gasteiger partial charge in [-0.05, 0) is 71.8 Å². The number of hydrogen-bond donors (Lipinski definition) is 1. The monoisotopic (exact) mass is 536 g/mol. The molecule has 0 bridgehead atoms. The fourth-order valence-corrected chi connectivity index (χ4v) is 4.84. The lowest BCUT2D eigenvalue weighted by molar-refractivity contribution is 0.102. The average molecular weight is 537 g/mol. The van der Waals surface area contributed by atoms with Crippen LogP contribution in [0.1, 0.15) is 10.4 Å². The van der Waals surface area contributed by atoms with Crippen LogP contribution in [0, 0.1) is 0 Å². The van der Waals surface area contributed by atoms with Crippen molar-refractivity contribution in [3.05, 3.63) is 101 Å². The van der Waals surface area contributed by atoms with Crippen molar-refractivity contribution < 1.29 is 17.6 Å². The van der Waals surface area contributed by atoms with Crippen LogP contribution in [-0.4, -0.2) is 25.6 Å². The summed E-state index contributed by atoms with van der Waals surface area (Å²) in [5.41, 5.74) is 3.62. The molecule has 1 aromatic heterocycles. The average Bonchev–Trinajstić information content (AvgIpc) is 3.28. The van der Waals surface area contributed by atoms with E-state index in [9.17, 15) is 13.2 Å². The fourth-order valence-electron chi connectivity index (χ4n) is 3.80. The van der Waals surface area contributed by atoms with Crippen LogP contribution in [0.25, 0.3) is 33.7 Å². The van der Waals surface area contributed by atoms with Crippen LogP contribution >= 0.6 is 23.2 Å². The molecule has 1 amide bonds. The van der Waals surface area contributed by atoms with Gasteiger partial charge in [-0.2, -0.15) is 0 Å².